The highest BCUT2D eigenvalue weighted by Gasteiger charge is 2.64. The second kappa shape index (κ2) is 7.61. The fourth-order valence-electron chi connectivity index (χ4n) is 9.47. The van der Waals surface area contributed by atoms with Crippen LogP contribution < -0.4 is 0 Å². The van der Waals surface area contributed by atoms with Gasteiger partial charge in [0.2, 0.25) is 0 Å². The van der Waals surface area contributed by atoms with Crippen molar-refractivity contribution in [1.29, 1.82) is 0 Å². The first kappa shape index (κ1) is 23.0. The maximum atomic E-state index is 13.9. The van der Waals surface area contributed by atoms with Gasteiger partial charge in [0.05, 0.1) is 18.3 Å². The number of ketones is 2. The summed E-state index contributed by atoms with van der Waals surface area (Å²) in [7, 11) is 0. The third-order valence-electron chi connectivity index (χ3n) is 10.8. The highest BCUT2D eigenvalue weighted by atomic mass is 16.5. The number of rotatable bonds is 2. The Morgan fingerprint density at radius 2 is 1.84 bits per heavy atom. The maximum absolute atomic E-state index is 13.9. The molecule has 1 saturated heterocycles. The van der Waals surface area contributed by atoms with E-state index in [1.807, 2.05) is 0 Å². The Balaban J connectivity index is 1.44. The Kier molecular flexibility index (Phi) is 5.47. The molecule has 5 aliphatic rings. The van der Waals surface area contributed by atoms with Gasteiger partial charge in [0.1, 0.15) is 11.6 Å². The van der Waals surface area contributed by atoms with Gasteiger partial charge in [0, 0.05) is 37.4 Å². The summed E-state index contributed by atoms with van der Waals surface area (Å²) in [6.07, 6.45) is 6.22. The van der Waals surface area contributed by atoms with Crippen LogP contribution in [0.15, 0.2) is 0 Å². The van der Waals surface area contributed by atoms with E-state index in [0.717, 1.165) is 51.6 Å². The monoisotopic (exact) mass is 445 g/mol. The third kappa shape index (κ3) is 3.36. The van der Waals surface area contributed by atoms with Crippen molar-refractivity contribution in [2.75, 3.05) is 19.7 Å². The van der Waals surface area contributed by atoms with Crippen molar-refractivity contribution in [1.82, 2.24) is 4.90 Å². The van der Waals surface area contributed by atoms with Crippen LogP contribution in [0.5, 0.6) is 0 Å². The Labute approximate surface area is 193 Å². The summed E-state index contributed by atoms with van der Waals surface area (Å²) in [5, 5.41) is 11.2. The lowest BCUT2D eigenvalue weighted by Crippen LogP contribution is -2.64. The molecule has 0 amide bonds. The van der Waals surface area contributed by atoms with Gasteiger partial charge in [-0.25, -0.2) is 0 Å². The van der Waals surface area contributed by atoms with Crippen molar-refractivity contribution in [3.05, 3.63) is 0 Å². The van der Waals surface area contributed by atoms with Crippen molar-refractivity contribution >= 4 is 11.6 Å². The van der Waals surface area contributed by atoms with E-state index in [0.29, 0.717) is 36.6 Å². The molecule has 0 aromatic heterocycles. The fourth-order valence-corrected chi connectivity index (χ4v) is 9.47. The lowest BCUT2D eigenvalue weighted by Gasteiger charge is -2.62. The molecule has 5 heteroatoms. The number of nitrogens with zero attached hydrogens (tertiary/aromatic N) is 1. The maximum Gasteiger partial charge on any atom is 0.137 e. The zero-order valence-corrected chi connectivity index (χ0v) is 20.7. The first-order chi connectivity index (χ1) is 15.0. The van der Waals surface area contributed by atoms with Crippen molar-refractivity contribution in [3.63, 3.8) is 0 Å². The summed E-state index contributed by atoms with van der Waals surface area (Å²) in [6, 6.07) is 0.104. The first-order valence-corrected chi connectivity index (χ1v) is 13.1. The minimum Gasteiger partial charge on any atom is -0.391 e. The van der Waals surface area contributed by atoms with E-state index >= 15 is 0 Å². The van der Waals surface area contributed by atoms with Gasteiger partial charge in [-0.1, -0.05) is 13.8 Å². The number of aliphatic hydroxyl groups is 1. The van der Waals surface area contributed by atoms with Gasteiger partial charge in [-0.3, -0.25) is 14.5 Å². The number of carbonyl (C=O) groups excluding carboxylic acids is 2. The van der Waals surface area contributed by atoms with Crippen LogP contribution in [-0.2, 0) is 14.3 Å². The van der Waals surface area contributed by atoms with Crippen molar-refractivity contribution < 1.29 is 19.4 Å². The number of ether oxygens (including phenoxy) is 1. The Hall–Kier alpha value is -0.780. The molecule has 4 aliphatic carbocycles. The van der Waals surface area contributed by atoms with E-state index in [2.05, 4.69) is 32.6 Å². The molecule has 32 heavy (non-hydrogen) atoms. The predicted molar refractivity (Wildman–Crippen MR) is 123 cm³/mol. The van der Waals surface area contributed by atoms with Crippen LogP contribution in [0, 0.1) is 40.4 Å². The molecule has 0 spiro atoms. The quantitative estimate of drug-likeness (QED) is 0.699. The molecule has 9 atom stereocenters. The van der Waals surface area contributed by atoms with Crippen LogP contribution in [0.1, 0.15) is 79.6 Å². The SMILES string of the molecule is CC(=O)C1CCC2C3CCC4CC(O)C(N5CCOC(C)(C)C5)CC4(C)C3C(=O)CC12C. The van der Waals surface area contributed by atoms with E-state index in [9.17, 15) is 14.7 Å². The van der Waals surface area contributed by atoms with Gasteiger partial charge in [-0.15, -0.1) is 0 Å². The summed E-state index contributed by atoms with van der Waals surface area (Å²) < 4.78 is 5.94. The molecule has 1 aliphatic heterocycles. The average Bonchev–Trinajstić information content (AvgIpc) is 3.03. The smallest absolute Gasteiger partial charge is 0.137 e. The second-order valence-electron chi connectivity index (χ2n) is 13.1. The minimum atomic E-state index is -0.323. The number of morpholine rings is 1. The molecule has 180 valence electrons. The molecule has 0 aromatic rings. The van der Waals surface area contributed by atoms with E-state index in [-0.39, 0.29) is 46.2 Å². The van der Waals surface area contributed by atoms with Gasteiger partial charge in [-0.2, -0.15) is 0 Å². The van der Waals surface area contributed by atoms with Crippen molar-refractivity contribution in [2.24, 2.45) is 40.4 Å². The third-order valence-corrected chi connectivity index (χ3v) is 10.8. The van der Waals surface area contributed by atoms with Crippen molar-refractivity contribution in [3.8, 4) is 0 Å². The summed E-state index contributed by atoms with van der Waals surface area (Å²) in [5.74, 6) is 2.15. The number of hydrogen-bond donors (Lipinski definition) is 1. The average molecular weight is 446 g/mol. The molecular formula is C27H43NO4. The predicted octanol–water partition coefficient (Wildman–Crippen LogP) is 3.86. The minimum absolute atomic E-state index is 0.0536. The lowest BCUT2D eigenvalue weighted by atomic mass is 9.43. The molecule has 4 saturated carbocycles. The van der Waals surface area contributed by atoms with Gasteiger partial charge in [0.15, 0.2) is 0 Å². The highest BCUT2D eigenvalue weighted by molar-refractivity contribution is 5.87. The molecule has 0 aromatic carbocycles. The van der Waals surface area contributed by atoms with Crippen molar-refractivity contribution in [2.45, 2.75) is 97.3 Å². The number of aliphatic hydroxyl groups excluding tert-OH is 1. The van der Waals surface area contributed by atoms with Gasteiger partial charge >= 0.3 is 0 Å². The van der Waals surface area contributed by atoms with E-state index in [1.54, 1.807) is 6.92 Å². The number of carbonyl (C=O) groups is 2. The molecule has 5 rings (SSSR count). The fraction of sp³-hybridized carbons (Fsp3) is 0.926. The Morgan fingerprint density at radius 3 is 2.53 bits per heavy atom. The standard InChI is InChI=1S/C27H43NO4/c1-16(29)19-8-9-20-18-7-6-17-12-22(30)21(28-10-11-32-25(2,3)15-28)13-26(17,4)24(18)23(31)14-27(19,20)5/h17-22,24,30H,6-15H2,1-5H3. The number of fused-ring (bicyclic) bond motifs is 5. The second-order valence-corrected chi connectivity index (χ2v) is 13.1. The van der Waals surface area contributed by atoms with Crippen LogP contribution >= 0.6 is 0 Å². The molecule has 0 radical (unpaired) electrons. The van der Waals surface area contributed by atoms with Crippen LogP contribution in [0.3, 0.4) is 0 Å². The summed E-state index contributed by atoms with van der Waals surface area (Å²) >= 11 is 0. The summed E-state index contributed by atoms with van der Waals surface area (Å²) in [6.45, 7) is 13.0. The van der Waals surface area contributed by atoms with Gasteiger partial charge < -0.3 is 9.84 Å². The Bertz CT molecular complexity index is 795. The largest absolute Gasteiger partial charge is 0.391 e. The van der Waals surface area contributed by atoms with E-state index < -0.39 is 0 Å². The zero-order chi connectivity index (χ0) is 23.1. The van der Waals surface area contributed by atoms with Crippen LogP contribution in [0.2, 0.25) is 0 Å². The Morgan fingerprint density at radius 1 is 1.09 bits per heavy atom. The van der Waals surface area contributed by atoms with Crippen LogP contribution in [0.25, 0.3) is 0 Å². The number of hydrogen-bond acceptors (Lipinski definition) is 5. The van der Waals surface area contributed by atoms with Gasteiger partial charge in [-0.05, 0) is 87.9 Å². The van der Waals surface area contributed by atoms with Crippen LogP contribution in [-0.4, -0.2) is 59.0 Å². The molecule has 1 N–H and O–H groups in total. The normalized spacial score (nSPS) is 50.9. The van der Waals surface area contributed by atoms with E-state index in [1.165, 1.54) is 0 Å². The molecular weight excluding hydrogens is 402 g/mol. The molecule has 1 heterocycles. The topological polar surface area (TPSA) is 66.8 Å². The van der Waals surface area contributed by atoms with Crippen LogP contribution in [0.4, 0.5) is 0 Å². The molecule has 0 bridgehead atoms. The zero-order valence-electron chi connectivity index (χ0n) is 20.7. The van der Waals surface area contributed by atoms with Gasteiger partial charge in [0.25, 0.3) is 0 Å². The highest BCUT2D eigenvalue weighted by Crippen LogP contribution is 2.66. The first-order valence-electron chi connectivity index (χ1n) is 13.1. The number of Topliss-reactive ketones (excluding diaryl/α,β-unsaturated/α-hetero) is 2. The molecule has 9 unspecified atom stereocenters. The lowest BCUT2D eigenvalue weighted by molar-refractivity contribution is -0.177. The molecule has 5 nitrogen and oxygen atoms in total. The molecule has 5 fully saturated rings. The summed E-state index contributed by atoms with van der Waals surface area (Å²) in [5.41, 5.74) is -0.393. The van der Waals surface area contributed by atoms with E-state index in [4.69, 9.17) is 4.74 Å². The summed E-state index contributed by atoms with van der Waals surface area (Å²) in [4.78, 5) is 28.7.